The van der Waals surface area contributed by atoms with Crippen LogP contribution in [0, 0.1) is 0 Å². The van der Waals surface area contributed by atoms with Crippen LogP contribution in [0.25, 0.3) is 0 Å². The summed E-state index contributed by atoms with van der Waals surface area (Å²) in [5.74, 6) is 0. The number of carbonyl (C=O) groups excluding carboxylic acids is 1. The molecular weight excluding hydrogens is 158 g/mol. The van der Waals surface area contributed by atoms with Crippen molar-refractivity contribution in [2.24, 2.45) is 11.5 Å². The van der Waals surface area contributed by atoms with Crippen molar-refractivity contribution in [1.29, 1.82) is 0 Å². The molecule has 1 aliphatic heterocycles. The summed E-state index contributed by atoms with van der Waals surface area (Å²) >= 11 is 0. The lowest BCUT2D eigenvalue weighted by molar-refractivity contribution is 0.0579. The molecule has 0 aromatic carbocycles. The monoisotopic (exact) mass is 173 g/mol. The van der Waals surface area contributed by atoms with Crippen molar-refractivity contribution in [3.05, 3.63) is 0 Å². The highest BCUT2D eigenvalue weighted by molar-refractivity contribution is 5.68. The van der Waals surface area contributed by atoms with Crippen LogP contribution in [-0.2, 0) is 4.74 Å². The second kappa shape index (κ2) is 4.27. The zero-order chi connectivity index (χ0) is 8.97. The molecule has 0 spiro atoms. The van der Waals surface area contributed by atoms with Gasteiger partial charge in [-0.3, -0.25) is 0 Å². The van der Waals surface area contributed by atoms with E-state index in [1.807, 2.05) is 0 Å². The molecule has 0 bridgehead atoms. The molecule has 0 radical (unpaired) electrons. The molecule has 0 unspecified atom stereocenters. The number of nitrogens with zero attached hydrogens (tertiary/aromatic N) is 1. The molecule has 1 saturated heterocycles. The standard InChI is InChI=1S/C7H15N3O2/c8-4-6(5-9)10-2-1-3-12-7(10)11/h6H,1-5,8-9H2. The fraction of sp³-hybridized carbons (Fsp3) is 0.857. The molecule has 0 aromatic heterocycles. The van der Waals surface area contributed by atoms with Gasteiger partial charge in [-0.1, -0.05) is 0 Å². The van der Waals surface area contributed by atoms with Crippen molar-refractivity contribution in [2.75, 3.05) is 26.2 Å². The van der Waals surface area contributed by atoms with E-state index >= 15 is 0 Å². The van der Waals surface area contributed by atoms with E-state index < -0.39 is 0 Å². The topological polar surface area (TPSA) is 81.6 Å². The number of hydrogen-bond donors (Lipinski definition) is 2. The summed E-state index contributed by atoms with van der Waals surface area (Å²) in [5, 5.41) is 0. The van der Waals surface area contributed by atoms with Crippen LogP contribution in [0.15, 0.2) is 0 Å². The van der Waals surface area contributed by atoms with Gasteiger partial charge in [0.2, 0.25) is 0 Å². The second-order valence-electron chi connectivity index (χ2n) is 2.79. The summed E-state index contributed by atoms with van der Waals surface area (Å²) in [6.45, 7) is 2.01. The molecule has 1 heterocycles. The quantitative estimate of drug-likeness (QED) is 0.580. The number of ether oxygens (including phenoxy) is 1. The predicted octanol–water partition coefficient (Wildman–Crippen LogP) is -0.885. The Labute approximate surface area is 71.6 Å². The molecule has 5 nitrogen and oxygen atoms in total. The maximum absolute atomic E-state index is 11.1. The number of nitrogens with two attached hydrogens (primary N) is 2. The minimum absolute atomic E-state index is 0.0715. The number of rotatable bonds is 3. The lowest BCUT2D eigenvalue weighted by atomic mass is 10.2. The average molecular weight is 173 g/mol. The van der Waals surface area contributed by atoms with E-state index in [4.69, 9.17) is 16.2 Å². The Balaban J connectivity index is 2.51. The normalized spacial score (nSPS) is 18.2. The molecule has 0 atom stereocenters. The Morgan fingerprint density at radius 2 is 2.17 bits per heavy atom. The summed E-state index contributed by atoms with van der Waals surface area (Å²) in [6.07, 6.45) is 0.574. The van der Waals surface area contributed by atoms with Gasteiger partial charge in [0, 0.05) is 19.6 Å². The maximum Gasteiger partial charge on any atom is 0.410 e. The van der Waals surface area contributed by atoms with Crippen LogP contribution in [0.5, 0.6) is 0 Å². The third-order valence-electron chi connectivity index (χ3n) is 1.99. The van der Waals surface area contributed by atoms with E-state index in [1.165, 1.54) is 0 Å². The van der Waals surface area contributed by atoms with Crippen molar-refractivity contribution in [1.82, 2.24) is 4.90 Å². The van der Waals surface area contributed by atoms with E-state index in [-0.39, 0.29) is 12.1 Å². The minimum atomic E-state index is -0.290. The van der Waals surface area contributed by atoms with E-state index in [9.17, 15) is 4.79 Å². The summed E-state index contributed by atoms with van der Waals surface area (Å²) < 4.78 is 4.85. The zero-order valence-corrected chi connectivity index (χ0v) is 7.03. The zero-order valence-electron chi connectivity index (χ0n) is 7.03. The predicted molar refractivity (Wildman–Crippen MR) is 44.6 cm³/mol. The summed E-state index contributed by atoms with van der Waals surface area (Å²) in [7, 11) is 0. The van der Waals surface area contributed by atoms with Gasteiger partial charge < -0.3 is 21.1 Å². The SMILES string of the molecule is NCC(CN)N1CCCOC1=O. The van der Waals surface area contributed by atoms with Gasteiger partial charge in [-0.25, -0.2) is 4.79 Å². The molecular formula is C7H15N3O2. The third-order valence-corrected chi connectivity index (χ3v) is 1.99. The van der Waals surface area contributed by atoms with Crippen molar-refractivity contribution in [3.63, 3.8) is 0 Å². The van der Waals surface area contributed by atoms with Crippen LogP contribution in [0.2, 0.25) is 0 Å². The van der Waals surface area contributed by atoms with E-state index in [1.54, 1.807) is 4.90 Å². The van der Waals surface area contributed by atoms with Crippen molar-refractivity contribution in [2.45, 2.75) is 12.5 Å². The fourth-order valence-electron chi connectivity index (χ4n) is 1.25. The van der Waals surface area contributed by atoms with Crippen LogP contribution in [0.4, 0.5) is 4.79 Å². The van der Waals surface area contributed by atoms with E-state index in [0.717, 1.165) is 6.42 Å². The molecule has 70 valence electrons. The number of hydrogen-bond acceptors (Lipinski definition) is 4. The largest absolute Gasteiger partial charge is 0.449 e. The summed E-state index contributed by atoms with van der Waals surface area (Å²) in [4.78, 5) is 12.7. The molecule has 4 N–H and O–H groups in total. The minimum Gasteiger partial charge on any atom is -0.449 e. The van der Waals surface area contributed by atoms with Gasteiger partial charge in [-0.15, -0.1) is 0 Å². The lowest BCUT2D eigenvalue weighted by Gasteiger charge is -2.32. The van der Waals surface area contributed by atoms with Gasteiger partial charge in [0.05, 0.1) is 12.6 Å². The molecule has 12 heavy (non-hydrogen) atoms. The van der Waals surface area contributed by atoms with Gasteiger partial charge >= 0.3 is 6.09 Å². The van der Waals surface area contributed by atoms with Gasteiger partial charge in [-0.05, 0) is 6.42 Å². The molecule has 0 aromatic rings. The van der Waals surface area contributed by atoms with E-state index in [2.05, 4.69) is 0 Å². The van der Waals surface area contributed by atoms with Crippen LogP contribution in [0.3, 0.4) is 0 Å². The Morgan fingerprint density at radius 1 is 1.50 bits per heavy atom. The van der Waals surface area contributed by atoms with Crippen molar-refractivity contribution < 1.29 is 9.53 Å². The highest BCUT2D eigenvalue weighted by Crippen LogP contribution is 2.07. The first-order valence-electron chi connectivity index (χ1n) is 4.13. The smallest absolute Gasteiger partial charge is 0.410 e. The Bertz CT molecular complexity index is 159. The highest BCUT2D eigenvalue weighted by Gasteiger charge is 2.25. The number of carbonyl (C=O) groups is 1. The van der Waals surface area contributed by atoms with Crippen LogP contribution >= 0.6 is 0 Å². The molecule has 1 rings (SSSR count). The number of amides is 1. The molecule has 5 heteroatoms. The molecule has 0 aliphatic carbocycles. The molecule has 1 fully saturated rings. The Morgan fingerprint density at radius 3 is 2.67 bits per heavy atom. The maximum atomic E-state index is 11.1. The first kappa shape index (κ1) is 9.28. The van der Waals surface area contributed by atoms with Crippen LogP contribution < -0.4 is 11.5 Å². The third kappa shape index (κ3) is 1.86. The van der Waals surface area contributed by atoms with E-state index in [0.29, 0.717) is 26.2 Å². The first-order valence-corrected chi connectivity index (χ1v) is 4.13. The fourth-order valence-corrected chi connectivity index (χ4v) is 1.25. The van der Waals surface area contributed by atoms with Crippen molar-refractivity contribution >= 4 is 6.09 Å². The second-order valence-corrected chi connectivity index (χ2v) is 2.79. The van der Waals surface area contributed by atoms with Crippen LogP contribution in [0.1, 0.15) is 6.42 Å². The van der Waals surface area contributed by atoms with Gasteiger partial charge in [0.25, 0.3) is 0 Å². The summed E-state index contributed by atoms with van der Waals surface area (Å²) in [5.41, 5.74) is 10.9. The first-order chi connectivity index (χ1) is 5.79. The molecule has 1 aliphatic rings. The van der Waals surface area contributed by atoms with Gasteiger partial charge in [-0.2, -0.15) is 0 Å². The Kier molecular flexibility index (Phi) is 3.31. The average Bonchev–Trinajstić information content (AvgIpc) is 2.10. The summed E-state index contributed by atoms with van der Waals surface area (Å²) in [6, 6.07) is -0.0715. The van der Waals surface area contributed by atoms with Gasteiger partial charge in [0.15, 0.2) is 0 Å². The molecule has 1 amide bonds. The molecule has 0 saturated carbocycles. The van der Waals surface area contributed by atoms with Crippen LogP contribution in [-0.4, -0.2) is 43.3 Å². The van der Waals surface area contributed by atoms with Crippen molar-refractivity contribution in [3.8, 4) is 0 Å². The van der Waals surface area contributed by atoms with Gasteiger partial charge in [0.1, 0.15) is 0 Å². The number of cyclic esters (lactones) is 1. The lowest BCUT2D eigenvalue weighted by Crippen LogP contribution is -2.51. The highest BCUT2D eigenvalue weighted by atomic mass is 16.6. The Hall–Kier alpha value is -0.810.